The first kappa shape index (κ1) is 7.39. The highest BCUT2D eigenvalue weighted by atomic mass is 31.1. The van der Waals surface area contributed by atoms with Gasteiger partial charge in [-0.3, -0.25) is 4.79 Å². The van der Waals surface area contributed by atoms with E-state index in [-0.39, 0.29) is 8.81 Å². The number of carbonyl (C=O) groups is 1. The van der Waals surface area contributed by atoms with Gasteiger partial charge in [0.05, 0.1) is 0 Å². The van der Waals surface area contributed by atoms with E-state index in [9.17, 15) is 4.79 Å². The summed E-state index contributed by atoms with van der Waals surface area (Å²) < 4.78 is 0. The first-order chi connectivity index (χ1) is 4.86. The van der Waals surface area contributed by atoms with Crippen LogP contribution in [0.1, 0.15) is 10.4 Å². The molecule has 2 nitrogen and oxygen atoms in total. The molecule has 0 spiro atoms. The predicted octanol–water partition coefficient (Wildman–Crippen LogP) is 0.710. The van der Waals surface area contributed by atoms with E-state index in [1.807, 2.05) is 0 Å². The Balaban J connectivity index is 2.90. The number of hydrogen-bond donors (Lipinski definition) is 1. The third-order valence-electron chi connectivity index (χ3n) is 1.18. The van der Waals surface area contributed by atoms with Crippen LogP contribution in [0, 0.1) is 0 Å². The van der Waals surface area contributed by atoms with E-state index in [0.29, 0.717) is 5.56 Å². The Morgan fingerprint density at radius 1 is 1.30 bits per heavy atom. The van der Waals surface area contributed by atoms with E-state index < -0.39 is 0 Å². The van der Waals surface area contributed by atoms with Crippen LogP contribution in [-0.4, -0.2) is 11.2 Å². The van der Waals surface area contributed by atoms with Gasteiger partial charge < -0.3 is 4.89 Å². The first-order valence-corrected chi connectivity index (χ1v) is 3.77. The van der Waals surface area contributed by atoms with Crippen LogP contribution >= 0.6 is 8.81 Å². The van der Waals surface area contributed by atoms with Gasteiger partial charge in [0.1, 0.15) is 6.29 Å². The van der Waals surface area contributed by atoms with Gasteiger partial charge in [-0.2, -0.15) is 0 Å². The highest BCUT2D eigenvalue weighted by Gasteiger charge is 1.89. The van der Waals surface area contributed by atoms with Crippen LogP contribution in [0.25, 0.3) is 0 Å². The molecular formula is C7H7O2P. The van der Waals surface area contributed by atoms with Gasteiger partial charge in [0, 0.05) is 14.4 Å². The Morgan fingerprint density at radius 2 is 1.90 bits per heavy atom. The molecule has 0 saturated heterocycles. The summed E-state index contributed by atoms with van der Waals surface area (Å²) in [6.07, 6.45) is 0.782. The third-order valence-corrected chi connectivity index (χ3v) is 1.77. The number of aldehydes is 1. The van der Waals surface area contributed by atoms with Crippen molar-refractivity contribution in [2.75, 3.05) is 0 Å². The third kappa shape index (κ3) is 1.63. The summed E-state index contributed by atoms with van der Waals surface area (Å²) >= 11 is 0. The fraction of sp³-hybridized carbons (Fsp3) is 0. The van der Waals surface area contributed by atoms with E-state index in [4.69, 9.17) is 4.89 Å². The van der Waals surface area contributed by atoms with Crippen LogP contribution in [0.5, 0.6) is 0 Å². The van der Waals surface area contributed by atoms with Crippen molar-refractivity contribution in [3.05, 3.63) is 29.8 Å². The first-order valence-electron chi connectivity index (χ1n) is 2.82. The lowest BCUT2D eigenvalue weighted by molar-refractivity contribution is 0.112. The van der Waals surface area contributed by atoms with E-state index >= 15 is 0 Å². The second-order valence-corrected chi connectivity index (χ2v) is 2.65. The molecule has 52 valence electrons. The van der Waals surface area contributed by atoms with Crippen molar-refractivity contribution >= 4 is 20.4 Å². The second-order valence-electron chi connectivity index (χ2n) is 1.85. The predicted molar refractivity (Wildman–Crippen MR) is 42.0 cm³/mol. The molecule has 10 heavy (non-hydrogen) atoms. The van der Waals surface area contributed by atoms with Gasteiger partial charge in [0.15, 0.2) is 0 Å². The van der Waals surface area contributed by atoms with Crippen LogP contribution in [0.3, 0.4) is 0 Å². The molecule has 1 atom stereocenters. The van der Waals surface area contributed by atoms with E-state index in [0.717, 1.165) is 11.6 Å². The van der Waals surface area contributed by atoms with Crippen LogP contribution in [0.2, 0.25) is 0 Å². The summed E-state index contributed by atoms with van der Waals surface area (Å²) in [5.41, 5.74) is 0.641. The zero-order valence-electron chi connectivity index (χ0n) is 5.24. The van der Waals surface area contributed by atoms with E-state index in [1.165, 1.54) is 0 Å². The number of hydrogen-bond acceptors (Lipinski definition) is 2. The topological polar surface area (TPSA) is 37.3 Å². The summed E-state index contributed by atoms with van der Waals surface area (Å²) in [7, 11) is -0.188. The average Bonchev–Trinajstić information content (AvgIpc) is 2.05. The molecule has 0 amide bonds. The molecular weight excluding hydrogens is 147 g/mol. The standard InChI is InChI=1S/C7H7O2P/c8-5-6-1-3-7(10-9)4-2-6/h1-5,9-10H. The van der Waals surface area contributed by atoms with Gasteiger partial charge in [0.2, 0.25) is 0 Å². The summed E-state index contributed by atoms with van der Waals surface area (Å²) in [5.74, 6) is 0. The number of benzene rings is 1. The molecule has 3 heteroatoms. The molecule has 0 saturated carbocycles. The normalized spacial score (nSPS) is 10.5. The fourth-order valence-corrected chi connectivity index (χ4v) is 0.952. The van der Waals surface area contributed by atoms with Gasteiger partial charge in [0.25, 0.3) is 0 Å². The molecule has 0 heterocycles. The van der Waals surface area contributed by atoms with Crippen LogP contribution < -0.4 is 5.30 Å². The lowest BCUT2D eigenvalue weighted by atomic mass is 10.2. The molecule has 1 unspecified atom stereocenters. The molecule has 0 radical (unpaired) electrons. The van der Waals surface area contributed by atoms with Crippen molar-refractivity contribution in [3.63, 3.8) is 0 Å². The molecule has 0 aliphatic heterocycles. The lowest BCUT2D eigenvalue weighted by Gasteiger charge is -1.93. The van der Waals surface area contributed by atoms with Crippen LogP contribution in [-0.2, 0) is 0 Å². The van der Waals surface area contributed by atoms with Crippen LogP contribution in [0.15, 0.2) is 24.3 Å². The highest BCUT2D eigenvalue weighted by molar-refractivity contribution is 7.40. The maximum absolute atomic E-state index is 10.1. The highest BCUT2D eigenvalue weighted by Crippen LogP contribution is 2.03. The van der Waals surface area contributed by atoms with Crippen molar-refractivity contribution in [1.82, 2.24) is 0 Å². The van der Waals surface area contributed by atoms with E-state index in [1.54, 1.807) is 24.3 Å². The minimum absolute atomic E-state index is 0.188. The molecule has 0 aromatic heterocycles. The summed E-state index contributed by atoms with van der Waals surface area (Å²) in [6.45, 7) is 0. The molecule has 1 aromatic carbocycles. The molecule has 0 fully saturated rings. The van der Waals surface area contributed by atoms with Gasteiger partial charge in [-0.15, -0.1) is 0 Å². The SMILES string of the molecule is O=Cc1ccc(PO)cc1. The maximum atomic E-state index is 10.1. The van der Waals surface area contributed by atoms with Crippen molar-refractivity contribution in [3.8, 4) is 0 Å². The Hall–Kier alpha value is -0.720. The molecule has 0 bridgehead atoms. The van der Waals surface area contributed by atoms with Gasteiger partial charge in [-0.25, -0.2) is 0 Å². The minimum atomic E-state index is -0.188. The smallest absolute Gasteiger partial charge is 0.150 e. The van der Waals surface area contributed by atoms with Gasteiger partial charge >= 0.3 is 0 Å². The molecule has 1 rings (SSSR count). The second kappa shape index (κ2) is 3.45. The number of rotatable bonds is 2. The minimum Gasteiger partial charge on any atom is -0.372 e. The fourth-order valence-electron chi connectivity index (χ4n) is 0.636. The van der Waals surface area contributed by atoms with E-state index in [2.05, 4.69) is 0 Å². The molecule has 0 aliphatic carbocycles. The largest absolute Gasteiger partial charge is 0.372 e. The van der Waals surface area contributed by atoms with Crippen molar-refractivity contribution in [1.29, 1.82) is 0 Å². The quantitative estimate of drug-likeness (QED) is 0.503. The average molecular weight is 154 g/mol. The number of carbonyl (C=O) groups excluding carboxylic acids is 1. The molecule has 1 aromatic rings. The monoisotopic (exact) mass is 154 g/mol. The van der Waals surface area contributed by atoms with Crippen molar-refractivity contribution in [2.24, 2.45) is 0 Å². The van der Waals surface area contributed by atoms with Gasteiger partial charge in [-0.05, 0) is 5.30 Å². The van der Waals surface area contributed by atoms with Crippen molar-refractivity contribution < 1.29 is 9.69 Å². The Morgan fingerprint density at radius 3 is 2.30 bits per heavy atom. The lowest BCUT2D eigenvalue weighted by Crippen LogP contribution is -1.92. The summed E-state index contributed by atoms with van der Waals surface area (Å²) in [5, 5.41) is 0.852. The Bertz CT molecular complexity index is 218. The molecule has 0 aliphatic rings. The molecule has 1 N–H and O–H groups in total. The Labute approximate surface area is 60.8 Å². The van der Waals surface area contributed by atoms with Gasteiger partial charge in [-0.1, -0.05) is 24.3 Å². The summed E-state index contributed by atoms with van der Waals surface area (Å²) in [4.78, 5) is 18.8. The van der Waals surface area contributed by atoms with Crippen LogP contribution in [0.4, 0.5) is 0 Å². The zero-order valence-corrected chi connectivity index (χ0v) is 6.24. The summed E-state index contributed by atoms with van der Waals surface area (Å²) in [6, 6.07) is 6.85. The zero-order chi connectivity index (χ0) is 7.40. The maximum Gasteiger partial charge on any atom is 0.150 e. The Kier molecular flexibility index (Phi) is 2.55. The van der Waals surface area contributed by atoms with Crippen molar-refractivity contribution in [2.45, 2.75) is 0 Å².